The highest BCUT2D eigenvalue weighted by atomic mass is 16.2. The second kappa shape index (κ2) is 8.74. The van der Waals surface area contributed by atoms with Crippen molar-refractivity contribution >= 4 is 29.3 Å². The molecule has 0 atom stereocenters. The van der Waals surface area contributed by atoms with Gasteiger partial charge in [0.25, 0.3) is 0 Å². The van der Waals surface area contributed by atoms with Crippen LogP contribution in [0.2, 0.25) is 0 Å². The maximum Gasteiger partial charge on any atom is 0.246 e. The Kier molecular flexibility index (Phi) is 6.14. The number of hydrogen-bond donors (Lipinski definition) is 0. The molecule has 0 aliphatic carbocycles. The number of benzene rings is 2. The number of likely N-dealkylation sites (N-methyl/N-ethyl adjacent to an activating group) is 1. The van der Waals surface area contributed by atoms with E-state index in [-0.39, 0.29) is 11.8 Å². The average molecular weight is 377 g/mol. The van der Waals surface area contributed by atoms with Crippen molar-refractivity contribution in [3.05, 3.63) is 65.7 Å². The quantitative estimate of drug-likeness (QED) is 0.723. The van der Waals surface area contributed by atoms with E-state index in [2.05, 4.69) is 12.1 Å². The SMILES string of the molecule is CN(Cc1ccc(N(C)C)cc1)C(=O)/C=C/c1ccc(N2CCCC2=O)cc1. The van der Waals surface area contributed by atoms with Crippen LogP contribution in [0.4, 0.5) is 11.4 Å². The van der Waals surface area contributed by atoms with Crippen molar-refractivity contribution in [3.63, 3.8) is 0 Å². The zero-order valence-corrected chi connectivity index (χ0v) is 16.8. The molecule has 0 bridgehead atoms. The van der Waals surface area contributed by atoms with Gasteiger partial charge in [-0.3, -0.25) is 9.59 Å². The number of carbonyl (C=O) groups excluding carboxylic acids is 2. The number of rotatable bonds is 6. The summed E-state index contributed by atoms with van der Waals surface area (Å²) in [5.41, 5.74) is 4.09. The van der Waals surface area contributed by atoms with E-state index in [1.165, 1.54) is 0 Å². The van der Waals surface area contributed by atoms with Gasteiger partial charge >= 0.3 is 0 Å². The first kappa shape index (κ1) is 19.7. The standard InChI is InChI=1S/C23H27N3O2/c1-24(2)20-11-8-19(9-12-20)17-25(3)22(27)15-10-18-6-13-21(14-7-18)26-16-4-5-23(26)28/h6-15H,4-5,16-17H2,1-3H3/b15-10+. The van der Waals surface area contributed by atoms with Crippen molar-refractivity contribution in [1.82, 2.24) is 4.90 Å². The zero-order valence-electron chi connectivity index (χ0n) is 16.8. The van der Waals surface area contributed by atoms with Gasteiger partial charge in [0, 0.05) is 58.1 Å². The molecule has 0 spiro atoms. The minimum atomic E-state index is -0.0458. The van der Waals surface area contributed by atoms with E-state index in [4.69, 9.17) is 0 Å². The number of carbonyl (C=O) groups is 2. The second-order valence-corrected chi connectivity index (χ2v) is 7.33. The van der Waals surface area contributed by atoms with Gasteiger partial charge in [-0.15, -0.1) is 0 Å². The Morgan fingerprint density at radius 3 is 2.29 bits per heavy atom. The van der Waals surface area contributed by atoms with E-state index in [0.717, 1.165) is 35.5 Å². The molecule has 0 saturated carbocycles. The zero-order chi connectivity index (χ0) is 20.1. The lowest BCUT2D eigenvalue weighted by Gasteiger charge is -2.17. The monoisotopic (exact) mass is 377 g/mol. The number of hydrogen-bond acceptors (Lipinski definition) is 3. The fourth-order valence-electron chi connectivity index (χ4n) is 3.23. The van der Waals surface area contributed by atoms with E-state index in [1.807, 2.05) is 66.4 Å². The summed E-state index contributed by atoms with van der Waals surface area (Å²) in [6.45, 7) is 1.35. The summed E-state index contributed by atoms with van der Waals surface area (Å²) in [6.07, 6.45) is 4.94. The Morgan fingerprint density at radius 2 is 1.71 bits per heavy atom. The lowest BCUT2D eigenvalue weighted by molar-refractivity contribution is -0.125. The summed E-state index contributed by atoms with van der Waals surface area (Å²) in [6, 6.07) is 15.9. The molecule has 2 aromatic carbocycles. The molecule has 2 amide bonds. The Hall–Kier alpha value is -3.08. The summed E-state index contributed by atoms with van der Waals surface area (Å²) < 4.78 is 0. The van der Waals surface area contributed by atoms with Gasteiger partial charge in [0.05, 0.1) is 0 Å². The Balaban J connectivity index is 1.57. The van der Waals surface area contributed by atoms with Gasteiger partial charge in [0.15, 0.2) is 0 Å². The van der Waals surface area contributed by atoms with Crippen molar-refractivity contribution in [3.8, 4) is 0 Å². The van der Waals surface area contributed by atoms with Crippen LogP contribution in [-0.2, 0) is 16.1 Å². The smallest absolute Gasteiger partial charge is 0.246 e. The Bertz CT molecular complexity index is 854. The molecule has 5 nitrogen and oxygen atoms in total. The lowest BCUT2D eigenvalue weighted by atomic mass is 10.1. The van der Waals surface area contributed by atoms with Gasteiger partial charge in [-0.1, -0.05) is 24.3 Å². The molecule has 0 unspecified atom stereocenters. The fourth-order valence-corrected chi connectivity index (χ4v) is 3.23. The molecule has 3 rings (SSSR count). The minimum Gasteiger partial charge on any atom is -0.378 e. The van der Waals surface area contributed by atoms with Gasteiger partial charge in [-0.2, -0.15) is 0 Å². The van der Waals surface area contributed by atoms with E-state index >= 15 is 0 Å². The van der Waals surface area contributed by atoms with Crippen LogP contribution in [-0.4, -0.2) is 44.4 Å². The first-order valence-corrected chi connectivity index (χ1v) is 9.54. The van der Waals surface area contributed by atoms with Gasteiger partial charge in [0.1, 0.15) is 0 Å². The van der Waals surface area contributed by atoms with Crippen LogP contribution in [0.25, 0.3) is 6.08 Å². The van der Waals surface area contributed by atoms with Crippen LogP contribution in [0.3, 0.4) is 0 Å². The predicted molar refractivity (Wildman–Crippen MR) is 114 cm³/mol. The van der Waals surface area contributed by atoms with E-state index in [9.17, 15) is 9.59 Å². The van der Waals surface area contributed by atoms with Crippen molar-refractivity contribution < 1.29 is 9.59 Å². The molecule has 28 heavy (non-hydrogen) atoms. The molecular formula is C23H27N3O2. The van der Waals surface area contributed by atoms with Gasteiger partial charge in [-0.05, 0) is 47.9 Å². The van der Waals surface area contributed by atoms with Crippen LogP contribution < -0.4 is 9.80 Å². The minimum absolute atomic E-state index is 0.0458. The van der Waals surface area contributed by atoms with Crippen LogP contribution >= 0.6 is 0 Å². The lowest BCUT2D eigenvalue weighted by Crippen LogP contribution is -2.24. The molecule has 0 N–H and O–H groups in total. The van der Waals surface area contributed by atoms with E-state index in [0.29, 0.717) is 13.0 Å². The summed E-state index contributed by atoms with van der Waals surface area (Å²) in [4.78, 5) is 29.8. The van der Waals surface area contributed by atoms with Crippen molar-refractivity contribution in [2.45, 2.75) is 19.4 Å². The molecule has 1 aliphatic heterocycles. The second-order valence-electron chi connectivity index (χ2n) is 7.33. The maximum atomic E-state index is 12.4. The molecule has 0 aromatic heterocycles. The molecule has 1 aliphatic rings. The molecule has 0 radical (unpaired) electrons. The number of nitrogens with zero attached hydrogens (tertiary/aromatic N) is 3. The molecule has 5 heteroatoms. The Labute approximate surface area is 166 Å². The van der Waals surface area contributed by atoms with Crippen LogP contribution in [0.5, 0.6) is 0 Å². The topological polar surface area (TPSA) is 43.9 Å². The molecule has 146 valence electrons. The van der Waals surface area contributed by atoms with Crippen molar-refractivity contribution in [2.75, 3.05) is 37.5 Å². The molecule has 1 saturated heterocycles. The average Bonchev–Trinajstić information content (AvgIpc) is 3.12. The fraction of sp³-hybridized carbons (Fsp3) is 0.304. The highest BCUT2D eigenvalue weighted by Gasteiger charge is 2.21. The largest absolute Gasteiger partial charge is 0.378 e. The third kappa shape index (κ3) is 4.80. The summed E-state index contributed by atoms with van der Waals surface area (Å²) in [5, 5.41) is 0. The normalized spacial score (nSPS) is 14.0. The predicted octanol–water partition coefficient (Wildman–Crippen LogP) is 3.55. The van der Waals surface area contributed by atoms with Crippen LogP contribution in [0, 0.1) is 0 Å². The molecule has 2 aromatic rings. The summed E-state index contributed by atoms with van der Waals surface area (Å²) >= 11 is 0. The summed E-state index contributed by atoms with van der Waals surface area (Å²) in [7, 11) is 5.81. The maximum absolute atomic E-state index is 12.4. The van der Waals surface area contributed by atoms with E-state index < -0.39 is 0 Å². The van der Waals surface area contributed by atoms with Crippen LogP contribution in [0.1, 0.15) is 24.0 Å². The molecule has 1 heterocycles. The third-order valence-electron chi connectivity index (χ3n) is 4.95. The van der Waals surface area contributed by atoms with Crippen molar-refractivity contribution in [2.24, 2.45) is 0 Å². The van der Waals surface area contributed by atoms with E-state index in [1.54, 1.807) is 18.0 Å². The third-order valence-corrected chi connectivity index (χ3v) is 4.95. The number of anilines is 2. The highest BCUT2D eigenvalue weighted by molar-refractivity contribution is 5.95. The first-order valence-electron chi connectivity index (χ1n) is 9.54. The van der Waals surface area contributed by atoms with Gasteiger partial charge < -0.3 is 14.7 Å². The first-order chi connectivity index (χ1) is 13.4. The molecular weight excluding hydrogens is 350 g/mol. The highest BCUT2D eigenvalue weighted by Crippen LogP contribution is 2.22. The van der Waals surface area contributed by atoms with Crippen molar-refractivity contribution in [1.29, 1.82) is 0 Å². The Morgan fingerprint density at radius 1 is 1.04 bits per heavy atom. The molecule has 1 fully saturated rings. The summed E-state index contributed by atoms with van der Waals surface area (Å²) in [5.74, 6) is 0.134. The number of amides is 2. The van der Waals surface area contributed by atoms with Crippen LogP contribution in [0.15, 0.2) is 54.6 Å². The van der Waals surface area contributed by atoms with Gasteiger partial charge in [-0.25, -0.2) is 0 Å². The van der Waals surface area contributed by atoms with Gasteiger partial charge in [0.2, 0.25) is 11.8 Å².